The number of aliphatic hydroxyl groups is 1. The van der Waals surface area contributed by atoms with Crippen LogP contribution in [0.5, 0.6) is 0 Å². The molecule has 0 bridgehead atoms. The fourth-order valence-corrected chi connectivity index (χ4v) is 5.59. The summed E-state index contributed by atoms with van der Waals surface area (Å²) in [6.07, 6.45) is 6.35. The Balaban J connectivity index is 1.37. The maximum absolute atomic E-state index is 13.7. The lowest BCUT2D eigenvalue weighted by Gasteiger charge is -2.31. The molecule has 1 aliphatic carbocycles. The molecule has 11 nitrogen and oxygen atoms in total. The van der Waals surface area contributed by atoms with Crippen LogP contribution in [0.4, 0.5) is 17.3 Å². The largest absolute Gasteiger partial charge is 0.392 e. The second-order valence-electron chi connectivity index (χ2n) is 10.5. The van der Waals surface area contributed by atoms with Crippen LogP contribution < -0.4 is 16.0 Å². The fraction of sp³-hybridized carbons (Fsp3) is 0.296. The van der Waals surface area contributed by atoms with E-state index in [2.05, 4.69) is 38.8 Å². The number of carbonyl (C=O) groups excluding carboxylic acids is 2. The number of aromatic nitrogens is 5. The van der Waals surface area contributed by atoms with E-state index in [-0.39, 0.29) is 29.3 Å². The van der Waals surface area contributed by atoms with Gasteiger partial charge >= 0.3 is 0 Å². The maximum atomic E-state index is 13.7. The number of fused-ring (bicyclic) bond motifs is 3. The number of aliphatic hydroxyl groups excluding tert-OH is 1. The molecule has 2 amide bonds. The summed E-state index contributed by atoms with van der Waals surface area (Å²) >= 11 is 0. The van der Waals surface area contributed by atoms with E-state index in [1.165, 1.54) is 28.5 Å². The molecule has 38 heavy (non-hydrogen) atoms. The van der Waals surface area contributed by atoms with Crippen LogP contribution in [0.2, 0.25) is 0 Å². The molecular formula is C27H28N8O3. The standard InChI is InChI=1S/C27H28N8O3/c1-27(2)11-16-10-21-26(38)34(9-8-33(21)22(16)12-27)19-4-3-5-20(18(19)14-36)35-13-17(24(28)37)25(32-35)31-23-6-7-29-15-30-23/h3-7,10,13,15,36H,8-9,11-12,14H2,1-2H3,(H2,28,37)(H,29,30,31,32). The molecule has 0 atom stereocenters. The van der Waals surface area contributed by atoms with Crippen molar-refractivity contribution in [2.45, 2.75) is 39.8 Å². The minimum Gasteiger partial charge on any atom is -0.392 e. The average Bonchev–Trinajstić information content (AvgIpc) is 3.55. The van der Waals surface area contributed by atoms with E-state index < -0.39 is 5.91 Å². The Hall–Kier alpha value is -4.51. The highest BCUT2D eigenvalue weighted by molar-refractivity contribution is 6.07. The number of nitrogens with zero attached hydrogens (tertiary/aromatic N) is 6. The summed E-state index contributed by atoms with van der Waals surface area (Å²) in [5.41, 5.74) is 10.8. The molecular weight excluding hydrogens is 484 g/mol. The molecule has 0 spiro atoms. The number of rotatable bonds is 6. The Labute approximate surface area is 218 Å². The van der Waals surface area contributed by atoms with Crippen molar-refractivity contribution in [2.75, 3.05) is 16.8 Å². The van der Waals surface area contributed by atoms with Crippen LogP contribution in [-0.2, 0) is 26.0 Å². The lowest BCUT2D eigenvalue weighted by atomic mass is 9.90. The van der Waals surface area contributed by atoms with Crippen LogP contribution in [0.3, 0.4) is 0 Å². The molecule has 6 rings (SSSR count). The Morgan fingerprint density at radius 3 is 2.74 bits per heavy atom. The number of carbonyl (C=O) groups is 2. The van der Waals surface area contributed by atoms with Crippen molar-refractivity contribution in [1.29, 1.82) is 0 Å². The van der Waals surface area contributed by atoms with Gasteiger partial charge in [0.05, 0.1) is 18.0 Å². The molecule has 0 radical (unpaired) electrons. The predicted molar refractivity (Wildman–Crippen MR) is 141 cm³/mol. The quantitative estimate of drug-likeness (QED) is 0.360. The van der Waals surface area contributed by atoms with E-state index >= 15 is 0 Å². The third-order valence-electron chi connectivity index (χ3n) is 7.26. The first-order chi connectivity index (χ1) is 18.3. The number of benzene rings is 1. The van der Waals surface area contributed by atoms with Gasteiger partial charge in [0.25, 0.3) is 11.8 Å². The molecule has 4 N–H and O–H groups in total. The number of nitrogens with two attached hydrogens (primary N) is 1. The molecule has 4 aromatic rings. The van der Waals surface area contributed by atoms with Gasteiger partial charge in [0, 0.05) is 36.7 Å². The Kier molecular flexibility index (Phi) is 5.53. The number of hydrogen-bond donors (Lipinski definition) is 3. The smallest absolute Gasteiger partial charge is 0.274 e. The van der Waals surface area contributed by atoms with E-state index in [4.69, 9.17) is 5.73 Å². The van der Waals surface area contributed by atoms with Gasteiger partial charge in [0.2, 0.25) is 0 Å². The minimum atomic E-state index is -0.669. The molecule has 0 unspecified atom stereocenters. The van der Waals surface area contributed by atoms with E-state index in [1.807, 2.05) is 12.1 Å². The molecule has 0 saturated heterocycles. The topological polar surface area (TPSA) is 144 Å². The predicted octanol–water partition coefficient (Wildman–Crippen LogP) is 2.58. The first-order valence-electron chi connectivity index (χ1n) is 12.4. The van der Waals surface area contributed by atoms with Crippen molar-refractivity contribution in [3.8, 4) is 5.69 Å². The van der Waals surface area contributed by atoms with Crippen LogP contribution in [0.1, 0.15) is 51.5 Å². The van der Waals surface area contributed by atoms with Gasteiger partial charge in [-0.05, 0) is 48.1 Å². The van der Waals surface area contributed by atoms with Crippen LogP contribution in [-0.4, -0.2) is 47.8 Å². The highest BCUT2D eigenvalue weighted by Gasteiger charge is 2.37. The second-order valence-corrected chi connectivity index (χ2v) is 10.5. The number of nitrogens with one attached hydrogen (secondary N) is 1. The Morgan fingerprint density at radius 2 is 2.00 bits per heavy atom. The van der Waals surface area contributed by atoms with Crippen LogP contribution >= 0.6 is 0 Å². The van der Waals surface area contributed by atoms with Crippen molar-refractivity contribution in [3.05, 3.63) is 77.1 Å². The van der Waals surface area contributed by atoms with Gasteiger partial charge in [0.15, 0.2) is 5.82 Å². The summed E-state index contributed by atoms with van der Waals surface area (Å²) in [6.45, 7) is 5.34. The van der Waals surface area contributed by atoms with E-state index in [0.717, 1.165) is 12.8 Å². The van der Waals surface area contributed by atoms with Crippen molar-refractivity contribution < 1.29 is 14.7 Å². The lowest BCUT2D eigenvalue weighted by Crippen LogP contribution is -2.41. The van der Waals surface area contributed by atoms with E-state index in [9.17, 15) is 14.7 Å². The molecule has 4 heterocycles. The summed E-state index contributed by atoms with van der Waals surface area (Å²) in [5.74, 6) is -0.103. The van der Waals surface area contributed by atoms with Crippen molar-refractivity contribution in [1.82, 2.24) is 24.3 Å². The van der Waals surface area contributed by atoms with Gasteiger partial charge in [-0.15, -0.1) is 5.10 Å². The molecule has 1 aromatic carbocycles. The molecule has 0 fully saturated rings. The van der Waals surface area contributed by atoms with Gasteiger partial charge in [0.1, 0.15) is 23.4 Å². The van der Waals surface area contributed by atoms with Gasteiger partial charge < -0.3 is 25.6 Å². The molecule has 194 valence electrons. The monoisotopic (exact) mass is 512 g/mol. The van der Waals surface area contributed by atoms with Gasteiger partial charge in [-0.2, -0.15) is 0 Å². The van der Waals surface area contributed by atoms with Crippen molar-refractivity contribution in [3.63, 3.8) is 0 Å². The van der Waals surface area contributed by atoms with Crippen molar-refractivity contribution >= 4 is 29.1 Å². The zero-order valence-corrected chi connectivity index (χ0v) is 21.2. The highest BCUT2D eigenvalue weighted by atomic mass is 16.3. The van der Waals surface area contributed by atoms with Gasteiger partial charge in [-0.1, -0.05) is 19.9 Å². The Bertz CT molecular complexity index is 1570. The SMILES string of the molecule is CC1(C)Cc2cc3n(c2C1)CCN(c1cccc(-n2cc(C(N)=O)c(Nc4ccncn4)n2)c1CO)C3=O. The van der Waals surface area contributed by atoms with Gasteiger partial charge in [-0.3, -0.25) is 9.59 Å². The first-order valence-corrected chi connectivity index (χ1v) is 12.4. The normalized spacial score (nSPS) is 15.9. The summed E-state index contributed by atoms with van der Waals surface area (Å²) in [5, 5.41) is 17.9. The van der Waals surface area contributed by atoms with Gasteiger partial charge in [-0.25, -0.2) is 14.6 Å². The molecule has 2 aliphatic rings. The minimum absolute atomic E-state index is 0.0975. The summed E-state index contributed by atoms with van der Waals surface area (Å²) in [6, 6.07) is 9.06. The maximum Gasteiger partial charge on any atom is 0.274 e. The zero-order chi connectivity index (χ0) is 26.6. The second kappa shape index (κ2) is 8.80. The zero-order valence-electron chi connectivity index (χ0n) is 21.2. The van der Waals surface area contributed by atoms with Crippen LogP contribution in [0.15, 0.2) is 49.1 Å². The van der Waals surface area contributed by atoms with Crippen LogP contribution in [0.25, 0.3) is 5.69 Å². The molecule has 1 aliphatic heterocycles. The number of hydrogen-bond acceptors (Lipinski definition) is 7. The third kappa shape index (κ3) is 3.91. The summed E-state index contributed by atoms with van der Waals surface area (Å²) < 4.78 is 3.63. The van der Waals surface area contributed by atoms with Crippen LogP contribution in [0, 0.1) is 5.41 Å². The highest BCUT2D eigenvalue weighted by Crippen LogP contribution is 2.40. The lowest BCUT2D eigenvalue weighted by molar-refractivity contribution is 0.0962. The fourth-order valence-electron chi connectivity index (χ4n) is 5.59. The Morgan fingerprint density at radius 1 is 1.18 bits per heavy atom. The van der Waals surface area contributed by atoms with Crippen molar-refractivity contribution in [2.24, 2.45) is 11.1 Å². The van der Waals surface area contributed by atoms with E-state index in [0.29, 0.717) is 41.5 Å². The molecule has 0 saturated carbocycles. The van der Waals surface area contributed by atoms with E-state index in [1.54, 1.807) is 29.3 Å². The number of primary amides is 1. The number of amides is 2. The molecule has 3 aromatic heterocycles. The number of anilines is 3. The average molecular weight is 513 g/mol. The molecule has 11 heteroatoms. The first kappa shape index (κ1) is 23.9. The third-order valence-corrected chi connectivity index (χ3v) is 7.26. The summed E-state index contributed by atoms with van der Waals surface area (Å²) in [4.78, 5) is 35.5. The summed E-state index contributed by atoms with van der Waals surface area (Å²) in [7, 11) is 0.